The SMILES string of the molecule is Cc1cc(Cl)ccc1OCC(=O)O[C@@H](C)C(=O)Nc1ccc(F)c(F)c1F. The highest BCUT2D eigenvalue weighted by Gasteiger charge is 2.21. The molecule has 0 radical (unpaired) electrons. The molecule has 1 atom stereocenters. The number of hydrogen-bond donors (Lipinski definition) is 1. The van der Waals surface area contributed by atoms with Crippen LogP contribution in [-0.2, 0) is 14.3 Å². The van der Waals surface area contributed by atoms with Gasteiger partial charge in [0.05, 0.1) is 5.69 Å². The minimum atomic E-state index is -1.72. The van der Waals surface area contributed by atoms with E-state index in [-0.39, 0.29) is 0 Å². The van der Waals surface area contributed by atoms with Crippen molar-refractivity contribution in [2.45, 2.75) is 20.0 Å². The molecule has 0 bridgehead atoms. The molecular weight excluding hydrogens is 387 g/mol. The van der Waals surface area contributed by atoms with Crippen LogP contribution >= 0.6 is 11.6 Å². The van der Waals surface area contributed by atoms with E-state index in [1.165, 1.54) is 6.92 Å². The smallest absolute Gasteiger partial charge is 0.344 e. The molecule has 1 amide bonds. The lowest BCUT2D eigenvalue weighted by Gasteiger charge is -2.15. The molecule has 2 aromatic rings. The molecule has 1 N–H and O–H groups in total. The molecule has 5 nitrogen and oxygen atoms in total. The van der Waals surface area contributed by atoms with Crippen molar-refractivity contribution in [2.24, 2.45) is 0 Å². The summed E-state index contributed by atoms with van der Waals surface area (Å²) in [5, 5.41) is 2.53. The van der Waals surface area contributed by atoms with E-state index in [4.69, 9.17) is 21.1 Å². The van der Waals surface area contributed by atoms with Gasteiger partial charge in [-0.1, -0.05) is 11.6 Å². The van der Waals surface area contributed by atoms with E-state index in [9.17, 15) is 22.8 Å². The number of anilines is 1. The van der Waals surface area contributed by atoms with Gasteiger partial charge in [-0.15, -0.1) is 0 Å². The molecule has 2 aromatic carbocycles. The van der Waals surface area contributed by atoms with E-state index >= 15 is 0 Å². The van der Waals surface area contributed by atoms with Crippen LogP contribution < -0.4 is 10.1 Å². The summed E-state index contributed by atoms with van der Waals surface area (Å²) in [6.07, 6.45) is -1.32. The lowest BCUT2D eigenvalue weighted by molar-refractivity contribution is -0.155. The van der Waals surface area contributed by atoms with Gasteiger partial charge in [-0.2, -0.15) is 0 Å². The molecule has 0 aromatic heterocycles. The number of benzene rings is 2. The minimum Gasteiger partial charge on any atom is -0.482 e. The first kappa shape index (κ1) is 20.6. The van der Waals surface area contributed by atoms with E-state index in [2.05, 4.69) is 0 Å². The Morgan fingerprint density at radius 1 is 1.15 bits per heavy atom. The van der Waals surface area contributed by atoms with E-state index in [0.717, 1.165) is 6.07 Å². The maximum absolute atomic E-state index is 13.6. The molecule has 0 aliphatic carbocycles. The first-order chi connectivity index (χ1) is 12.7. The zero-order valence-electron chi connectivity index (χ0n) is 14.3. The number of carbonyl (C=O) groups is 2. The Balaban J connectivity index is 1.90. The third-order valence-corrected chi connectivity index (χ3v) is 3.69. The summed E-state index contributed by atoms with van der Waals surface area (Å²) in [5.41, 5.74) is 0.129. The molecular formula is C18H15ClF3NO4. The average molecular weight is 402 g/mol. The maximum Gasteiger partial charge on any atom is 0.344 e. The molecule has 0 fully saturated rings. The van der Waals surface area contributed by atoms with Crippen molar-refractivity contribution in [1.82, 2.24) is 0 Å². The second kappa shape index (κ2) is 8.77. The summed E-state index contributed by atoms with van der Waals surface area (Å²) in [7, 11) is 0. The summed E-state index contributed by atoms with van der Waals surface area (Å²) in [5.74, 6) is -6.02. The van der Waals surface area contributed by atoms with Gasteiger partial charge >= 0.3 is 5.97 Å². The van der Waals surface area contributed by atoms with Crippen LogP contribution in [0.2, 0.25) is 5.02 Å². The number of amides is 1. The van der Waals surface area contributed by atoms with Gasteiger partial charge in [0.1, 0.15) is 5.75 Å². The fraction of sp³-hybridized carbons (Fsp3) is 0.222. The lowest BCUT2D eigenvalue weighted by Crippen LogP contribution is -2.32. The summed E-state index contributed by atoms with van der Waals surface area (Å²) in [4.78, 5) is 23.7. The van der Waals surface area contributed by atoms with Gasteiger partial charge in [-0.05, 0) is 49.7 Å². The Kier molecular flexibility index (Phi) is 6.68. The second-order valence-electron chi connectivity index (χ2n) is 5.54. The topological polar surface area (TPSA) is 64.6 Å². The first-order valence-electron chi connectivity index (χ1n) is 7.72. The number of esters is 1. The molecule has 2 rings (SSSR count). The van der Waals surface area contributed by atoms with Crippen molar-refractivity contribution < 1.29 is 32.2 Å². The van der Waals surface area contributed by atoms with Gasteiger partial charge in [0.25, 0.3) is 5.91 Å². The summed E-state index contributed by atoms with van der Waals surface area (Å²) < 4.78 is 49.8. The van der Waals surface area contributed by atoms with E-state index in [1.54, 1.807) is 25.1 Å². The molecule has 9 heteroatoms. The minimum absolute atomic E-state index is 0.414. The molecule has 0 saturated heterocycles. The number of aryl methyl sites for hydroxylation is 1. The van der Waals surface area contributed by atoms with Crippen LogP contribution in [0.15, 0.2) is 30.3 Å². The van der Waals surface area contributed by atoms with Crippen LogP contribution in [0.25, 0.3) is 0 Å². The zero-order chi connectivity index (χ0) is 20.1. The molecule has 0 unspecified atom stereocenters. The van der Waals surface area contributed by atoms with Gasteiger partial charge in [-0.3, -0.25) is 4.79 Å². The van der Waals surface area contributed by atoms with Gasteiger partial charge in [-0.25, -0.2) is 18.0 Å². The quantitative estimate of drug-likeness (QED) is 0.586. The fourth-order valence-electron chi connectivity index (χ4n) is 2.05. The highest BCUT2D eigenvalue weighted by Crippen LogP contribution is 2.22. The highest BCUT2D eigenvalue weighted by atomic mass is 35.5. The van der Waals surface area contributed by atoms with Crippen molar-refractivity contribution in [2.75, 3.05) is 11.9 Å². The number of carbonyl (C=O) groups excluding carboxylic acids is 2. The van der Waals surface area contributed by atoms with Crippen molar-refractivity contribution in [3.8, 4) is 5.75 Å². The predicted octanol–water partition coefficient (Wildman–Crippen LogP) is 4.01. The van der Waals surface area contributed by atoms with Gasteiger partial charge in [0.15, 0.2) is 30.2 Å². The summed E-state index contributed by atoms with van der Waals surface area (Å²) in [6, 6.07) is 6.32. The fourth-order valence-corrected chi connectivity index (χ4v) is 2.28. The maximum atomic E-state index is 13.6. The standard InChI is InChI=1S/C18H15ClF3NO4/c1-9-7-11(19)3-6-14(9)26-8-15(24)27-10(2)18(25)23-13-5-4-12(20)16(21)17(13)22/h3-7,10H,8H2,1-2H3,(H,23,25)/t10-/m0/s1. The van der Waals surface area contributed by atoms with E-state index < -0.39 is 47.7 Å². The molecule has 0 saturated carbocycles. The van der Waals surface area contributed by atoms with Gasteiger partial charge < -0.3 is 14.8 Å². The van der Waals surface area contributed by atoms with Crippen molar-refractivity contribution >= 4 is 29.2 Å². The first-order valence-corrected chi connectivity index (χ1v) is 8.09. The van der Waals surface area contributed by atoms with Gasteiger partial charge in [0, 0.05) is 5.02 Å². The lowest BCUT2D eigenvalue weighted by atomic mass is 10.2. The zero-order valence-corrected chi connectivity index (χ0v) is 15.1. The largest absolute Gasteiger partial charge is 0.482 e. The normalized spacial score (nSPS) is 11.6. The van der Waals surface area contributed by atoms with Crippen molar-refractivity contribution in [3.05, 3.63) is 58.4 Å². The molecule has 0 spiro atoms. The Morgan fingerprint density at radius 2 is 1.85 bits per heavy atom. The number of hydrogen-bond acceptors (Lipinski definition) is 4. The highest BCUT2D eigenvalue weighted by molar-refractivity contribution is 6.30. The molecule has 0 aliphatic heterocycles. The van der Waals surface area contributed by atoms with Crippen LogP contribution in [0.4, 0.5) is 18.9 Å². The third-order valence-electron chi connectivity index (χ3n) is 3.45. The number of ether oxygens (including phenoxy) is 2. The van der Waals surface area contributed by atoms with Crippen molar-refractivity contribution in [1.29, 1.82) is 0 Å². The average Bonchev–Trinajstić information content (AvgIpc) is 2.61. The molecule has 27 heavy (non-hydrogen) atoms. The Labute approximate surface area is 158 Å². The van der Waals surface area contributed by atoms with Crippen LogP contribution in [0.3, 0.4) is 0 Å². The van der Waals surface area contributed by atoms with Crippen LogP contribution in [0.5, 0.6) is 5.75 Å². The molecule has 0 heterocycles. The summed E-state index contributed by atoms with van der Waals surface area (Å²) in [6.45, 7) is 2.50. The Bertz CT molecular complexity index is 876. The van der Waals surface area contributed by atoms with Crippen molar-refractivity contribution in [3.63, 3.8) is 0 Å². The van der Waals surface area contributed by atoms with Gasteiger partial charge in [0.2, 0.25) is 0 Å². The van der Waals surface area contributed by atoms with E-state index in [0.29, 0.717) is 22.4 Å². The number of rotatable bonds is 6. The molecule has 0 aliphatic rings. The van der Waals surface area contributed by atoms with Crippen LogP contribution in [0, 0.1) is 24.4 Å². The van der Waals surface area contributed by atoms with E-state index in [1.807, 2.05) is 5.32 Å². The summed E-state index contributed by atoms with van der Waals surface area (Å²) >= 11 is 5.82. The second-order valence-corrected chi connectivity index (χ2v) is 5.98. The number of nitrogens with one attached hydrogen (secondary N) is 1. The Hall–Kier alpha value is -2.74. The van der Waals surface area contributed by atoms with Crippen LogP contribution in [-0.4, -0.2) is 24.6 Å². The number of halogens is 4. The Morgan fingerprint density at radius 3 is 2.52 bits per heavy atom. The molecule has 144 valence electrons. The third kappa shape index (κ3) is 5.37. The van der Waals surface area contributed by atoms with Crippen LogP contribution in [0.1, 0.15) is 12.5 Å². The monoisotopic (exact) mass is 401 g/mol. The predicted molar refractivity (Wildman–Crippen MR) is 92.2 cm³/mol.